The van der Waals surface area contributed by atoms with E-state index in [1.807, 2.05) is 11.0 Å². The minimum Gasteiger partial charge on any atom is -0.497 e. The monoisotopic (exact) mass is 617 g/mol. The molecule has 3 aromatic carbocycles. The summed E-state index contributed by atoms with van der Waals surface area (Å²) in [6, 6.07) is 17.3. The molecule has 5 N–H and O–H groups in total. The molecule has 45 heavy (non-hydrogen) atoms. The van der Waals surface area contributed by atoms with E-state index in [1.165, 1.54) is 0 Å². The highest BCUT2D eigenvalue weighted by Crippen LogP contribution is 2.31. The molecule has 2 atom stereocenters. The molecule has 1 heterocycles. The highest BCUT2D eigenvalue weighted by Gasteiger charge is 2.33. The second-order valence-corrected chi connectivity index (χ2v) is 10.7. The fourth-order valence-corrected chi connectivity index (χ4v) is 5.14. The molecular formula is C32H35N5O8. The van der Waals surface area contributed by atoms with Crippen LogP contribution < -0.4 is 20.7 Å². The predicted octanol–water partition coefficient (Wildman–Crippen LogP) is 3.65. The quantitative estimate of drug-likeness (QED) is 0.131. The number of ether oxygens (including phenoxy) is 1. The standard InChI is InChI=1S/C32H35N5O8/c1-36-16-15-22-18-24(34-28(19-37(43)44)33-23-8-11-25(45-2)12-9-23)10-13-26(22)30(36)31(40)35-27(32(41)42)17-21-5-3-20(4-6-21)7-14-29(38)39/h3-6,8-13,18-19,27,30,33-34H,7,14-17H2,1-2H3,(H,35,40)(H,38,39)(H,41,42). The minimum atomic E-state index is -1.18. The summed E-state index contributed by atoms with van der Waals surface area (Å²) in [7, 11) is 3.34. The van der Waals surface area contributed by atoms with Crippen LogP contribution in [0.25, 0.3) is 0 Å². The van der Waals surface area contributed by atoms with Gasteiger partial charge in [-0.05, 0) is 78.5 Å². The SMILES string of the molecule is COc1ccc(NC(=C[N+](=O)[O-])Nc2ccc3c(c2)CCN(C)C3C(=O)NC(Cc2ccc(CCC(=O)O)cc2)C(=O)O)cc1. The van der Waals surface area contributed by atoms with Crippen molar-refractivity contribution in [3.05, 3.63) is 111 Å². The van der Waals surface area contributed by atoms with Gasteiger partial charge in [-0.25, -0.2) is 4.79 Å². The lowest BCUT2D eigenvalue weighted by Gasteiger charge is -2.34. The van der Waals surface area contributed by atoms with Crippen LogP contribution in [0.2, 0.25) is 0 Å². The molecule has 236 valence electrons. The molecule has 0 spiro atoms. The van der Waals surface area contributed by atoms with E-state index in [0.29, 0.717) is 47.6 Å². The number of carbonyl (C=O) groups is 3. The van der Waals surface area contributed by atoms with E-state index in [4.69, 9.17) is 9.84 Å². The number of hydrogen-bond acceptors (Lipinski definition) is 9. The van der Waals surface area contributed by atoms with E-state index < -0.39 is 34.9 Å². The topological polar surface area (TPSA) is 183 Å². The van der Waals surface area contributed by atoms with Crippen LogP contribution >= 0.6 is 0 Å². The number of fused-ring (bicyclic) bond motifs is 1. The average molecular weight is 618 g/mol. The number of aryl methyl sites for hydroxylation is 1. The van der Waals surface area contributed by atoms with Crippen molar-refractivity contribution in [3.8, 4) is 5.75 Å². The minimum absolute atomic E-state index is 0.00156. The van der Waals surface area contributed by atoms with Crippen molar-refractivity contribution in [3.63, 3.8) is 0 Å². The van der Waals surface area contributed by atoms with Gasteiger partial charge in [0.05, 0.1) is 12.0 Å². The van der Waals surface area contributed by atoms with Gasteiger partial charge >= 0.3 is 11.9 Å². The molecule has 0 bridgehead atoms. The number of amides is 1. The number of hydrogen-bond donors (Lipinski definition) is 5. The molecule has 1 amide bonds. The number of nitro groups is 1. The Morgan fingerprint density at radius 1 is 1.02 bits per heavy atom. The molecule has 4 rings (SSSR count). The molecule has 0 aliphatic carbocycles. The van der Waals surface area contributed by atoms with Gasteiger partial charge < -0.3 is 30.9 Å². The van der Waals surface area contributed by atoms with Gasteiger partial charge in [0.2, 0.25) is 5.91 Å². The van der Waals surface area contributed by atoms with Gasteiger partial charge in [-0.2, -0.15) is 0 Å². The largest absolute Gasteiger partial charge is 0.497 e. The molecule has 0 radical (unpaired) electrons. The number of carboxylic acid groups (broad SMARTS) is 2. The van der Waals surface area contributed by atoms with Crippen LogP contribution in [0.3, 0.4) is 0 Å². The first-order valence-corrected chi connectivity index (χ1v) is 14.2. The highest BCUT2D eigenvalue weighted by atomic mass is 16.6. The van der Waals surface area contributed by atoms with Gasteiger partial charge in [0.15, 0.2) is 5.82 Å². The molecule has 1 aliphatic heterocycles. The van der Waals surface area contributed by atoms with E-state index in [-0.39, 0.29) is 18.7 Å². The molecule has 13 nitrogen and oxygen atoms in total. The van der Waals surface area contributed by atoms with Gasteiger partial charge in [0, 0.05) is 30.8 Å². The second-order valence-electron chi connectivity index (χ2n) is 10.7. The number of carbonyl (C=O) groups excluding carboxylic acids is 1. The van der Waals surface area contributed by atoms with E-state index in [2.05, 4.69) is 16.0 Å². The number of rotatable bonds is 14. The molecular weight excluding hydrogens is 582 g/mol. The summed E-state index contributed by atoms with van der Waals surface area (Å²) in [6.45, 7) is 0.534. The van der Waals surface area contributed by atoms with Crippen LogP contribution in [0.1, 0.15) is 34.7 Å². The van der Waals surface area contributed by atoms with Crippen molar-refractivity contribution < 1.29 is 34.3 Å². The number of aliphatic carboxylic acids is 2. The van der Waals surface area contributed by atoms with E-state index in [0.717, 1.165) is 17.3 Å². The van der Waals surface area contributed by atoms with Crippen LogP contribution in [0.4, 0.5) is 11.4 Å². The van der Waals surface area contributed by atoms with Crippen LogP contribution in [0.5, 0.6) is 5.75 Å². The Kier molecular flexibility index (Phi) is 10.7. The smallest absolute Gasteiger partial charge is 0.326 e. The van der Waals surface area contributed by atoms with Crippen molar-refractivity contribution in [2.24, 2.45) is 0 Å². The zero-order valence-electron chi connectivity index (χ0n) is 24.9. The maximum absolute atomic E-state index is 13.5. The average Bonchev–Trinajstić information content (AvgIpc) is 3.00. The molecule has 1 aliphatic rings. The normalized spacial score (nSPS) is 15.3. The van der Waals surface area contributed by atoms with Gasteiger partial charge in [0.1, 0.15) is 17.8 Å². The van der Waals surface area contributed by atoms with Gasteiger partial charge in [-0.3, -0.25) is 24.6 Å². The number of nitrogens with one attached hydrogen (secondary N) is 3. The maximum Gasteiger partial charge on any atom is 0.326 e. The number of benzene rings is 3. The van der Waals surface area contributed by atoms with Crippen molar-refractivity contribution in [2.45, 2.75) is 37.8 Å². The third-order valence-electron chi connectivity index (χ3n) is 7.45. The number of carboxylic acids is 2. The van der Waals surface area contributed by atoms with Gasteiger partial charge in [-0.15, -0.1) is 0 Å². The fourth-order valence-electron chi connectivity index (χ4n) is 5.14. The molecule has 0 aromatic heterocycles. The lowest BCUT2D eigenvalue weighted by molar-refractivity contribution is -0.403. The van der Waals surface area contributed by atoms with Crippen LogP contribution in [0.15, 0.2) is 78.8 Å². The highest BCUT2D eigenvalue weighted by molar-refractivity contribution is 5.88. The van der Waals surface area contributed by atoms with Crippen LogP contribution in [-0.4, -0.2) is 64.6 Å². The Balaban J connectivity index is 1.47. The maximum atomic E-state index is 13.5. The number of methoxy groups -OCH3 is 1. The first-order valence-electron chi connectivity index (χ1n) is 14.2. The van der Waals surface area contributed by atoms with Crippen LogP contribution in [-0.2, 0) is 33.6 Å². The third kappa shape index (κ3) is 9.03. The Morgan fingerprint density at radius 2 is 1.67 bits per heavy atom. The van der Waals surface area contributed by atoms with E-state index in [1.54, 1.807) is 74.8 Å². The zero-order valence-corrected chi connectivity index (χ0v) is 24.9. The summed E-state index contributed by atoms with van der Waals surface area (Å²) in [5, 5.41) is 38.8. The van der Waals surface area contributed by atoms with Crippen LogP contribution in [0, 0.1) is 10.1 Å². The lowest BCUT2D eigenvalue weighted by atomic mass is 9.91. The molecule has 3 aromatic rings. The first kappa shape index (κ1) is 32.5. The van der Waals surface area contributed by atoms with Crippen molar-refractivity contribution in [1.82, 2.24) is 10.2 Å². The molecule has 13 heteroatoms. The Labute approximate surface area is 259 Å². The Bertz CT molecular complexity index is 1570. The van der Waals surface area contributed by atoms with E-state index >= 15 is 0 Å². The lowest BCUT2D eigenvalue weighted by Crippen LogP contribution is -2.49. The summed E-state index contributed by atoms with van der Waals surface area (Å²) in [5.74, 6) is -1.75. The summed E-state index contributed by atoms with van der Waals surface area (Å²) in [5.41, 5.74) is 4.26. The number of nitrogens with zero attached hydrogens (tertiary/aromatic N) is 2. The first-order chi connectivity index (χ1) is 21.5. The number of anilines is 2. The van der Waals surface area contributed by atoms with Gasteiger partial charge in [0.25, 0.3) is 6.20 Å². The Morgan fingerprint density at radius 3 is 2.29 bits per heavy atom. The zero-order chi connectivity index (χ0) is 32.5. The number of likely N-dealkylation sites (N-methyl/N-ethyl adjacent to an activating group) is 1. The van der Waals surface area contributed by atoms with Crippen molar-refractivity contribution in [1.29, 1.82) is 0 Å². The summed E-state index contributed by atoms with van der Waals surface area (Å²) < 4.78 is 5.15. The molecule has 0 fully saturated rings. The molecule has 0 saturated heterocycles. The summed E-state index contributed by atoms with van der Waals surface area (Å²) in [4.78, 5) is 49.0. The van der Waals surface area contributed by atoms with Crippen molar-refractivity contribution in [2.75, 3.05) is 31.3 Å². The fraction of sp³-hybridized carbons (Fsp3) is 0.281. The van der Waals surface area contributed by atoms with Crippen molar-refractivity contribution >= 4 is 29.2 Å². The third-order valence-corrected chi connectivity index (χ3v) is 7.45. The predicted molar refractivity (Wildman–Crippen MR) is 167 cm³/mol. The molecule has 0 saturated carbocycles. The second kappa shape index (κ2) is 14.8. The summed E-state index contributed by atoms with van der Waals surface area (Å²) in [6.07, 6.45) is 1.86. The Hall–Kier alpha value is -5.43. The summed E-state index contributed by atoms with van der Waals surface area (Å²) >= 11 is 0. The van der Waals surface area contributed by atoms with Gasteiger partial charge in [-0.1, -0.05) is 30.3 Å². The molecule has 2 unspecified atom stereocenters. The van der Waals surface area contributed by atoms with E-state index in [9.17, 15) is 29.6 Å².